The number of rotatable bonds is 8. The lowest BCUT2D eigenvalue weighted by Crippen LogP contribution is -2.55. The molecule has 4 fully saturated rings. The van der Waals surface area contributed by atoms with E-state index in [1.165, 1.54) is 50.5 Å². The number of hydrogen-bond acceptors (Lipinski definition) is 5. The van der Waals surface area contributed by atoms with Gasteiger partial charge in [0.2, 0.25) is 10.0 Å². The molecular weight excluding hydrogens is 524 g/mol. The number of carbonyl (C=O) groups excluding carboxylic acids is 2. The lowest BCUT2D eigenvalue weighted by molar-refractivity contribution is -0.123. The number of sulfonamides is 1. The van der Waals surface area contributed by atoms with Crippen LogP contribution in [0.5, 0.6) is 0 Å². The first-order valence-electron chi connectivity index (χ1n) is 14.2. The Morgan fingerprint density at radius 2 is 1.50 bits per heavy atom. The predicted octanol–water partition coefficient (Wildman–Crippen LogP) is 5.91. The van der Waals surface area contributed by atoms with Gasteiger partial charge in [0.05, 0.1) is 10.5 Å². The molecule has 0 radical (unpaired) electrons. The van der Waals surface area contributed by atoms with Crippen LogP contribution in [0, 0.1) is 23.2 Å². The smallest absolute Gasteiger partial charge is 0.338 e. The van der Waals surface area contributed by atoms with Gasteiger partial charge in [-0.05, 0) is 117 Å². The van der Waals surface area contributed by atoms with Crippen molar-refractivity contribution in [2.24, 2.45) is 23.2 Å². The van der Waals surface area contributed by atoms with Crippen molar-refractivity contribution in [3.63, 3.8) is 0 Å². The van der Waals surface area contributed by atoms with E-state index in [1.54, 1.807) is 6.07 Å². The Balaban J connectivity index is 1.10. The summed E-state index contributed by atoms with van der Waals surface area (Å²) >= 11 is 0. The Bertz CT molecular complexity index is 1530. The maximum Gasteiger partial charge on any atom is 0.338 e. The van der Waals surface area contributed by atoms with E-state index in [0.29, 0.717) is 5.69 Å². The molecule has 0 aliphatic heterocycles. The highest BCUT2D eigenvalue weighted by Gasteiger charge is 2.53. The summed E-state index contributed by atoms with van der Waals surface area (Å²) in [6.07, 6.45) is 6.08. The van der Waals surface area contributed by atoms with Crippen molar-refractivity contribution >= 4 is 38.4 Å². The first-order valence-corrected chi connectivity index (χ1v) is 15.7. The third-order valence-electron chi connectivity index (χ3n) is 9.39. The Morgan fingerprint density at radius 1 is 0.850 bits per heavy atom. The quantitative estimate of drug-likeness (QED) is 0.334. The molecule has 1 amide bonds. The lowest BCUT2D eigenvalue weighted by Gasteiger charge is -2.59. The second-order valence-corrected chi connectivity index (χ2v) is 14.0. The average Bonchev–Trinajstić information content (AvgIpc) is 2.92. The van der Waals surface area contributed by atoms with Crippen molar-refractivity contribution < 1.29 is 22.7 Å². The van der Waals surface area contributed by atoms with E-state index < -0.39 is 28.0 Å². The fraction of sp³-hybridized carbons (Fsp3) is 0.438. The van der Waals surface area contributed by atoms with Crippen molar-refractivity contribution in [2.45, 2.75) is 69.4 Å². The predicted molar refractivity (Wildman–Crippen MR) is 154 cm³/mol. The van der Waals surface area contributed by atoms with Crippen molar-refractivity contribution in [2.75, 3.05) is 5.32 Å². The summed E-state index contributed by atoms with van der Waals surface area (Å²) in [5.74, 6) is 0.927. The lowest BCUT2D eigenvalue weighted by atomic mass is 9.48. The maximum absolute atomic E-state index is 13.4. The Kier molecular flexibility index (Phi) is 6.95. The van der Waals surface area contributed by atoms with E-state index in [4.69, 9.17) is 4.74 Å². The summed E-state index contributed by atoms with van der Waals surface area (Å²) in [6.45, 7) is 3.49. The molecule has 7 rings (SSSR count). The van der Waals surface area contributed by atoms with Crippen LogP contribution in [-0.4, -0.2) is 32.4 Å². The van der Waals surface area contributed by atoms with Gasteiger partial charge in [0.25, 0.3) is 5.91 Å². The fourth-order valence-electron chi connectivity index (χ4n) is 7.72. The van der Waals surface area contributed by atoms with Crippen LogP contribution in [0.4, 0.5) is 5.69 Å². The third-order valence-corrected chi connectivity index (χ3v) is 10.9. The average molecular weight is 561 g/mol. The first-order chi connectivity index (χ1) is 19.1. The number of carbonyl (C=O) groups is 2. The molecule has 0 saturated heterocycles. The van der Waals surface area contributed by atoms with E-state index in [1.807, 2.05) is 43.3 Å². The van der Waals surface area contributed by atoms with E-state index in [2.05, 4.69) is 10.0 Å². The second kappa shape index (κ2) is 10.3. The molecule has 3 aromatic rings. The molecule has 210 valence electrons. The van der Waals surface area contributed by atoms with Crippen LogP contribution >= 0.6 is 0 Å². The van der Waals surface area contributed by atoms with Crippen LogP contribution < -0.4 is 10.0 Å². The van der Waals surface area contributed by atoms with Gasteiger partial charge in [-0.15, -0.1) is 0 Å². The molecule has 2 N–H and O–H groups in total. The summed E-state index contributed by atoms with van der Waals surface area (Å²) in [7, 11) is -3.85. The van der Waals surface area contributed by atoms with Gasteiger partial charge in [-0.1, -0.05) is 36.4 Å². The van der Waals surface area contributed by atoms with Crippen LogP contribution in [0.3, 0.4) is 0 Å². The Hall–Kier alpha value is -3.23. The van der Waals surface area contributed by atoms with Gasteiger partial charge in [0.1, 0.15) is 0 Å². The number of esters is 1. The number of benzene rings is 3. The van der Waals surface area contributed by atoms with Gasteiger partial charge < -0.3 is 10.1 Å². The fourth-order valence-corrected chi connectivity index (χ4v) is 9.11. The maximum atomic E-state index is 13.4. The molecule has 7 nitrogen and oxygen atoms in total. The van der Waals surface area contributed by atoms with E-state index >= 15 is 0 Å². The zero-order valence-corrected chi connectivity index (χ0v) is 23.7. The molecular formula is C32H36N2O5S. The van der Waals surface area contributed by atoms with Crippen molar-refractivity contribution in [1.29, 1.82) is 0 Å². The first kappa shape index (κ1) is 27.0. The normalized spacial score (nSPS) is 26.8. The topological polar surface area (TPSA) is 102 Å². The summed E-state index contributed by atoms with van der Waals surface area (Å²) < 4.78 is 35.2. The largest absolute Gasteiger partial charge is 0.449 e. The molecule has 0 heterocycles. The van der Waals surface area contributed by atoms with Gasteiger partial charge in [-0.3, -0.25) is 4.79 Å². The highest BCUT2D eigenvalue weighted by Crippen LogP contribution is 2.61. The second-order valence-electron chi connectivity index (χ2n) is 12.2. The molecule has 0 unspecified atom stereocenters. The monoisotopic (exact) mass is 560 g/mol. The van der Waals surface area contributed by atoms with Gasteiger partial charge in [0, 0.05) is 11.7 Å². The molecule has 4 bridgehead atoms. The molecule has 40 heavy (non-hydrogen) atoms. The number of amides is 1. The highest BCUT2D eigenvalue weighted by molar-refractivity contribution is 7.89. The van der Waals surface area contributed by atoms with Gasteiger partial charge in [-0.2, -0.15) is 0 Å². The van der Waals surface area contributed by atoms with Crippen LogP contribution in [0.1, 0.15) is 62.7 Å². The zero-order chi connectivity index (χ0) is 28.1. The van der Waals surface area contributed by atoms with Gasteiger partial charge in [0.15, 0.2) is 6.10 Å². The summed E-state index contributed by atoms with van der Waals surface area (Å²) in [4.78, 5) is 25.7. The molecule has 0 spiro atoms. The number of anilines is 1. The number of ether oxygens (including phenoxy) is 1. The van der Waals surface area contributed by atoms with Gasteiger partial charge in [-0.25, -0.2) is 17.9 Å². The standard InChI is InChI=1S/C32H36N2O5S/c1-20(30(35)33-28-11-10-25-6-3-4-7-26(25)15-28)39-31(36)27-8-5-9-29(16-27)40(37,38)34-21(2)32-17-22-12-23(18-32)14-24(13-22)19-32/h3-11,15-16,20-24,34H,12-14,17-19H2,1-2H3,(H,33,35)/t20-,21+,22?,23?,24?,32?/m1/s1. The van der Waals surface area contributed by atoms with Crippen LogP contribution in [-0.2, 0) is 19.6 Å². The minimum Gasteiger partial charge on any atom is -0.449 e. The van der Waals surface area contributed by atoms with Gasteiger partial charge >= 0.3 is 5.97 Å². The summed E-state index contributed by atoms with van der Waals surface area (Å²) in [5, 5.41) is 4.81. The molecule has 8 heteroatoms. The molecule has 2 atom stereocenters. The number of fused-ring (bicyclic) bond motifs is 1. The van der Waals surface area contributed by atoms with E-state index in [-0.39, 0.29) is 21.9 Å². The Labute approximate surface area is 235 Å². The molecule has 4 aliphatic rings. The minimum atomic E-state index is -3.85. The number of nitrogens with one attached hydrogen (secondary N) is 2. The zero-order valence-electron chi connectivity index (χ0n) is 22.9. The molecule has 4 aliphatic carbocycles. The molecule has 3 aromatic carbocycles. The highest BCUT2D eigenvalue weighted by atomic mass is 32.2. The summed E-state index contributed by atoms with van der Waals surface area (Å²) in [5.41, 5.74) is 0.696. The van der Waals surface area contributed by atoms with Crippen molar-refractivity contribution in [1.82, 2.24) is 4.72 Å². The van der Waals surface area contributed by atoms with Crippen molar-refractivity contribution in [3.8, 4) is 0 Å². The SMILES string of the molecule is C[C@H](NS(=O)(=O)c1cccc(C(=O)O[C@H](C)C(=O)Nc2ccc3ccccc3c2)c1)C12CC3CC(CC(C3)C1)C2. The third kappa shape index (κ3) is 5.27. The molecule has 4 saturated carbocycles. The van der Waals surface area contributed by atoms with Crippen LogP contribution in [0.15, 0.2) is 71.6 Å². The van der Waals surface area contributed by atoms with Crippen LogP contribution in [0.2, 0.25) is 0 Å². The van der Waals surface area contributed by atoms with Crippen LogP contribution in [0.25, 0.3) is 10.8 Å². The number of hydrogen-bond donors (Lipinski definition) is 2. The summed E-state index contributed by atoms with van der Waals surface area (Å²) in [6, 6.07) is 19.0. The van der Waals surface area contributed by atoms with E-state index in [9.17, 15) is 18.0 Å². The van der Waals surface area contributed by atoms with E-state index in [0.717, 1.165) is 47.8 Å². The minimum absolute atomic E-state index is 0.0200. The Morgan fingerprint density at radius 3 is 2.17 bits per heavy atom. The molecule has 0 aromatic heterocycles. The van der Waals surface area contributed by atoms with Crippen molar-refractivity contribution in [3.05, 3.63) is 72.3 Å².